The van der Waals surface area contributed by atoms with Crippen LogP contribution >= 0.6 is 0 Å². The van der Waals surface area contributed by atoms with Crippen LogP contribution in [0, 0.1) is 0 Å². The smallest absolute Gasteiger partial charge is 0.119 e. The van der Waals surface area contributed by atoms with Crippen LogP contribution in [0.5, 0.6) is 5.75 Å². The molecule has 0 aliphatic heterocycles. The summed E-state index contributed by atoms with van der Waals surface area (Å²) in [5.74, 6) is 1.67. The van der Waals surface area contributed by atoms with Crippen LogP contribution in [0.3, 0.4) is 0 Å². The van der Waals surface area contributed by atoms with Gasteiger partial charge in [-0.3, -0.25) is 4.90 Å². The van der Waals surface area contributed by atoms with Crippen LogP contribution < -0.4 is 4.74 Å². The number of hydrogen-bond donors (Lipinski definition) is 0. The van der Waals surface area contributed by atoms with Crippen molar-refractivity contribution in [2.24, 2.45) is 0 Å². The lowest BCUT2D eigenvalue weighted by molar-refractivity contribution is 0.135. The first kappa shape index (κ1) is 16.4. The second-order valence-corrected chi connectivity index (χ2v) is 6.27. The molecule has 1 fully saturated rings. The lowest BCUT2D eigenvalue weighted by atomic mass is 9.79. The quantitative estimate of drug-likeness (QED) is 0.712. The maximum Gasteiger partial charge on any atom is 0.119 e. The van der Waals surface area contributed by atoms with E-state index < -0.39 is 0 Å². The molecule has 21 heavy (non-hydrogen) atoms. The summed E-state index contributed by atoms with van der Waals surface area (Å²) in [5, 5.41) is 0. The Labute approximate surface area is 130 Å². The molecule has 2 rings (SSSR count). The van der Waals surface area contributed by atoms with Gasteiger partial charge in [-0.25, -0.2) is 0 Å². The summed E-state index contributed by atoms with van der Waals surface area (Å²) in [7, 11) is 1.76. The fraction of sp³-hybridized carbons (Fsp3) is 0.684. The molecular weight excluding hydrogens is 258 g/mol. The average Bonchev–Trinajstić information content (AvgIpc) is 2.55. The van der Waals surface area contributed by atoms with Crippen LogP contribution in [0.25, 0.3) is 0 Å². The summed E-state index contributed by atoms with van der Waals surface area (Å²) < 4.78 is 5.42. The van der Waals surface area contributed by atoms with Gasteiger partial charge in [0.05, 0.1) is 7.11 Å². The molecular formula is C19H31NO. The highest BCUT2D eigenvalue weighted by Gasteiger charge is 2.30. The highest BCUT2D eigenvalue weighted by atomic mass is 16.5. The lowest BCUT2D eigenvalue weighted by Gasteiger charge is -2.40. The van der Waals surface area contributed by atoms with Crippen molar-refractivity contribution in [1.82, 2.24) is 4.90 Å². The van der Waals surface area contributed by atoms with E-state index in [0.29, 0.717) is 12.0 Å². The number of benzene rings is 1. The van der Waals surface area contributed by atoms with Crippen molar-refractivity contribution in [1.29, 1.82) is 0 Å². The second kappa shape index (κ2) is 8.43. The summed E-state index contributed by atoms with van der Waals surface area (Å²) in [6.07, 6.45) is 7.92. The Morgan fingerprint density at radius 2 is 1.81 bits per heavy atom. The van der Waals surface area contributed by atoms with Gasteiger partial charge < -0.3 is 4.74 Å². The molecule has 0 heterocycles. The van der Waals surface area contributed by atoms with Gasteiger partial charge >= 0.3 is 0 Å². The summed E-state index contributed by atoms with van der Waals surface area (Å²) >= 11 is 0. The van der Waals surface area contributed by atoms with Crippen LogP contribution in [0.4, 0.5) is 0 Å². The molecule has 0 bridgehead atoms. The largest absolute Gasteiger partial charge is 0.497 e. The molecule has 0 unspecified atom stereocenters. The molecule has 0 aromatic heterocycles. The number of hydrogen-bond acceptors (Lipinski definition) is 2. The van der Waals surface area contributed by atoms with E-state index in [1.807, 2.05) is 0 Å². The third kappa shape index (κ3) is 4.23. The fourth-order valence-electron chi connectivity index (χ4n) is 3.83. The van der Waals surface area contributed by atoms with Crippen LogP contribution in [0.2, 0.25) is 0 Å². The van der Waals surface area contributed by atoms with E-state index in [9.17, 15) is 0 Å². The third-order valence-electron chi connectivity index (χ3n) is 4.74. The third-order valence-corrected chi connectivity index (χ3v) is 4.74. The molecule has 1 aromatic rings. The van der Waals surface area contributed by atoms with Gasteiger partial charge in [-0.05, 0) is 62.4 Å². The number of nitrogens with zero attached hydrogens (tertiary/aromatic N) is 1. The fourth-order valence-corrected chi connectivity index (χ4v) is 3.83. The van der Waals surface area contributed by atoms with Gasteiger partial charge in [0.25, 0.3) is 0 Å². The van der Waals surface area contributed by atoms with E-state index in [1.165, 1.54) is 57.2 Å². The Morgan fingerprint density at radius 1 is 1.10 bits per heavy atom. The van der Waals surface area contributed by atoms with Gasteiger partial charge in [0, 0.05) is 6.04 Å². The van der Waals surface area contributed by atoms with Crippen molar-refractivity contribution in [3.8, 4) is 5.75 Å². The van der Waals surface area contributed by atoms with Gasteiger partial charge in [0.15, 0.2) is 0 Å². The van der Waals surface area contributed by atoms with Crippen LogP contribution in [0.1, 0.15) is 63.9 Å². The Kier molecular flexibility index (Phi) is 6.56. The minimum atomic E-state index is 0.673. The van der Waals surface area contributed by atoms with E-state index in [2.05, 4.69) is 43.0 Å². The Balaban J connectivity index is 2.20. The summed E-state index contributed by atoms with van der Waals surface area (Å²) in [4.78, 5) is 2.74. The molecule has 0 amide bonds. The van der Waals surface area contributed by atoms with Crippen molar-refractivity contribution >= 4 is 0 Å². The molecule has 0 radical (unpaired) electrons. The van der Waals surface area contributed by atoms with E-state index in [4.69, 9.17) is 4.74 Å². The molecule has 0 N–H and O–H groups in total. The molecule has 1 aromatic carbocycles. The molecule has 1 saturated carbocycles. The van der Waals surface area contributed by atoms with Gasteiger partial charge in [0.2, 0.25) is 0 Å². The van der Waals surface area contributed by atoms with E-state index in [-0.39, 0.29) is 0 Å². The molecule has 118 valence electrons. The van der Waals surface area contributed by atoms with Crippen LogP contribution in [-0.4, -0.2) is 31.1 Å². The first-order valence-electron chi connectivity index (χ1n) is 8.68. The minimum Gasteiger partial charge on any atom is -0.497 e. The Hall–Kier alpha value is -1.02. The van der Waals surface area contributed by atoms with Gasteiger partial charge in [0.1, 0.15) is 5.75 Å². The zero-order chi connectivity index (χ0) is 15.1. The molecule has 2 nitrogen and oxygen atoms in total. The SMILES string of the molecule is CCCN(CCC)[C@@H]1CCCC[C@H]1c1cccc(OC)c1. The predicted molar refractivity (Wildman–Crippen MR) is 90.1 cm³/mol. The predicted octanol–water partition coefficient (Wildman–Crippen LogP) is 4.84. The van der Waals surface area contributed by atoms with Gasteiger partial charge in [-0.1, -0.05) is 38.8 Å². The van der Waals surface area contributed by atoms with Crippen molar-refractivity contribution in [3.05, 3.63) is 29.8 Å². The average molecular weight is 289 g/mol. The minimum absolute atomic E-state index is 0.673. The molecule has 0 saturated heterocycles. The van der Waals surface area contributed by atoms with Gasteiger partial charge in [-0.2, -0.15) is 0 Å². The van der Waals surface area contributed by atoms with E-state index >= 15 is 0 Å². The summed E-state index contributed by atoms with van der Waals surface area (Å²) in [5.41, 5.74) is 1.47. The van der Waals surface area contributed by atoms with Crippen LogP contribution in [0.15, 0.2) is 24.3 Å². The highest BCUT2D eigenvalue weighted by molar-refractivity contribution is 5.32. The normalized spacial score (nSPS) is 22.5. The van der Waals surface area contributed by atoms with Crippen molar-refractivity contribution in [2.45, 2.75) is 64.3 Å². The standard InChI is InChI=1S/C19H31NO/c1-4-13-20(14-5-2)19-12-7-6-11-18(19)16-9-8-10-17(15-16)21-3/h8-10,15,18-19H,4-7,11-14H2,1-3H3/t18-,19+/m0/s1. The first-order chi connectivity index (χ1) is 10.3. The van der Waals surface area contributed by atoms with E-state index in [1.54, 1.807) is 7.11 Å². The van der Waals surface area contributed by atoms with E-state index in [0.717, 1.165) is 5.75 Å². The monoisotopic (exact) mass is 289 g/mol. The summed E-state index contributed by atoms with van der Waals surface area (Å²) in [6.45, 7) is 7.07. The first-order valence-corrected chi connectivity index (χ1v) is 8.68. The van der Waals surface area contributed by atoms with Crippen molar-refractivity contribution in [2.75, 3.05) is 20.2 Å². The molecule has 0 spiro atoms. The second-order valence-electron chi connectivity index (χ2n) is 6.27. The Morgan fingerprint density at radius 3 is 2.48 bits per heavy atom. The molecule has 1 aliphatic carbocycles. The Bertz CT molecular complexity index is 412. The number of ether oxygens (including phenoxy) is 1. The molecule has 2 heteroatoms. The molecule has 1 aliphatic rings. The maximum absolute atomic E-state index is 5.42. The number of rotatable bonds is 7. The summed E-state index contributed by atoms with van der Waals surface area (Å²) in [6, 6.07) is 9.45. The van der Waals surface area contributed by atoms with Crippen molar-refractivity contribution in [3.63, 3.8) is 0 Å². The lowest BCUT2D eigenvalue weighted by Crippen LogP contribution is -2.42. The van der Waals surface area contributed by atoms with Crippen molar-refractivity contribution < 1.29 is 4.74 Å². The maximum atomic E-state index is 5.42. The molecule has 2 atom stereocenters. The number of methoxy groups -OCH3 is 1. The van der Waals surface area contributed by atoms with Gasteiger partial charge in [-0.15, -0.1) is 0 Å². The topological polar surface area (TPSA) is 12.5 Å². The highest BCUT2D eigenvalue weighted by Crippen LogP contribution is 2.37. The zero-order valence-corrected chi connectivity index (χ0v) is 14.0. The van der Waals surface area contributed by atoms with Crippen LogP contribution in [-0.2, 0) is 0 Å². The zero-order valence-electron chi connectivity index (χ0n) is 14.0.